The molecule has 0 saturated carbocycles. The zero-order chi connectivity index (χ0) is 13.9. The first-order valence-corrected chi connectivity index (χ1v) is 6.05. The molecule has 6 heteroatoms. The van der Waals surface area contributed by atoms with E-state index in [-0.39, 0.29) is 5.75 Å². The first-order chi connectivity index (χ1) is 9.76. The summed E-state index contributed by atoms with van der Waals surface area (Å²) < 4.78 is 5.18. The van der Waals surface area contributed by atoms with Crippen LogP contribution in [0.4, 0.5) is 0 Å². The van der Waals surface area contributed by atoms with Gasteiger partial charge in [-0.3, -0.25) is 4.98 Å². The Balaban J connectivity index is 1.93. The molecule has 0 atom stereocenters. The molecule has 20 heavy (non-hydrogen) atoms. The van der Waals surface area contributed by atoms with Crippen molar-refractivity contribution < 1.29 is 9.63 Å². The summed E-state index contributed by atoms with van der Waals surface area (Å²) in [4.78, 5) is 8.48. The van der Waals surface area contributed by atoms with Crippen LogP contribution in [0.3, 0.4) is 0 Å². The Hall–Kier alpha value is -2.73. The quantitative estimate of drug-likeness (QED) is 0.753. The summed E-state index contributed by atoms with van der Waals surface area (Å²) in [5.74, 6) is 0.881. The second kappa shape index (κ2) is 5.10. The van der Waals surface area contributed by atoms with E-state index in [0.29, 0.717) is 29.5 Å². The maximum atomic E-state index is 9.45. The topological polar surface area (TPSA) is 98.1 Å². The van der Waals surface area contributed by atoms with E-state index in [9.17, 15) is 5.11 Å². The molecule has 0 amide bonds. The minimum absolute atomic E-state index is 0.152. The highest BCUT2D eigenvalue weighted by atomic mass is 16.5. The SMILES string of the molecule is NCc1ccc(-c2nc(-c3cccc(O)c3)no2)nc1. The van der Waals surface area contributed by atoms with Gasteiger partial charge in [0.1, 0.15) is 11.4 Å². The van der Waals surface area contributed by atoms with Gasteiger partial charge < -0.3 is 15.4 Å². The van der Waals surface area contributed by atoms with E-state index in [4.69, 9.17) is 10.3 Å². The summed E-state index contributed by atoms with van der Waals surface area (Å²) in [7, 11) is 0. The number of rotatable bonds is 3. The zero-order valence-corrected chi connectivity index (χ0v) is 10.5. The molecule has 0 aliphatic rings. The molecule has 6 nitrogen and oxygen atoms in total. The Morgan fingerprint density at radius 2 is 2.10 bits per heavy atom. The van der Waals surface area contributed by atoms with Crippen LogP contribution < -0.4 is 5.73 Å². The van der Waals surface area contributed by atoms with Crippen molar-refractivity contribution in [3.8, 4) is 28.7 Å². The number of hydrogen-bond acceptors (Lipinski definition) is 6. The highest BCUT2D eigenvalue weighted by Crippen LogP contribution is 2.23. The van der Waals surface area contributed by atoms with Crippen LogP contribution >= 0.6 is 0 Å². The summed E-state index contributed by atoms with van der Waals surface area (Å²) in [5, 5.41) is 13.3. The van der Waals surface area contributed by atoms with Crippen molar-refractivity contribution in [1.29, 1.82) is 0 Å². The van der Waals surface area contributed by atoms with Crippen LogP contribution in [-0.4, -0.2) is 20.2 Å². The van der Waals surface area contributed by atoms with Gasteiger partial charge >= 0.3 is 0 Å². The number of nitrogens with two attached hydrogens (primary N) is 1. The van der Waals surface area contributed by atoms with Crippen molar-refractivity contribution in [3.63, 3.8) is 0 Å². The van der Waals surface area contributed by atoms with Crippen molar-refractivity contribution in [2.45, 2.75) is 6.54 Å². The number of phenolic OH excluding ortho intramolecular Hbond substituents is 1. The van der Waals surface area contributed by atoms with E-state index < -0.39 is 0 Å². The fraction of sp³-hybridized carbons (Fsp3) is 0.0714. The fourth-order valence-corrected chi connectivity index (χ4v) is 1.76. The van der Waals surface area contributed by atoms with E-state index >= 15 is 0 Å². The number of phenols is 1. The standard InChI is InChI=1S/C14H12N4O2/c15-7-9-4-5-12(16-8-9)14-17-13(18-20-14)10-2-1-3-11(19)6-10/h1-6,8,19H,7,15H2. The summed E-state index contributed by atoms with van der Waals surface area (Å²) >= 11 is 0. The second-order valence-electron chi connectivity index (χ2n) is 4.23. The maximum Gasteiger partial charge on any atom is 0.276 e. The molecule has 2 heterocycles. The van der Waals surface area contributed by atoms with E-state index in [1.165, 1.54) is 0 Å². The third-order valence-electron chi connectivity index (χ3n) is 2.81. The van der Waals surface area contributed by atoms with Crippen LogP contribution in [0.2, 0.25) is 0 Å². The third kappa shape index (κ3) is 2.36. The van der Waals surface area contributed by atoms with Gasteiger partial charge in [-0.2, -0.15) is 4.98 Å². The number of pyridine rings is 1. The normalized spacial score (nSPS) is 10.7. The van der Waals surface area contributed by atoms with Crippen molar-refractivity contribution >= 4 is 0 Å². The van der Waals surface area contributed by atoms with E-state index in [1.807, 2.05) is 6.07 Å². The smallest absolute Gasteiger partial charge is 0.276 e. The second-order valence-corrected chi connectivity index (χ2v) is 4.23. The van der Waals surface area contributed by atoms with E-state index in [0.717, 1.165) is 5.56 Å². The van der Waals surface area contributed by atoms with E-state index in [1.54, 1.807) is 36.5 Å². The molecule has 0 aliphatic heterocycles. The first kappa shape index (κ1) is 12.3. The molecule has 0 unspecified atom stereocenters. The van der Waals surface area contributed by atoms with Crippen LogP contribution in [0.15, 0.2) is 47.1 Å². The van der Waals surface area contributed by atoms with Gasteiger partial charge in [0, 0.05) is 18.3 Å². The number of nitrogens with zero attached hydrogens (tertiary/aromatic N) is 3. The van der Waals surface area contributed by atoms with Gasteiger partial charge in [-0.25, -0.2) is 0 Å². The molecule has 0 fully saturated rings. The van der Waals surface area contributed by atoms with E-state index in [2.05, 4.69) is 15.1 Å². The Morgan fingerprint density at radius 1 is 1.20 bits per heavy atom. The van der Waals surface area contributed by atoms with Gasteiger partial charge in [0.05, 0.1) is 0 Å². The van der Waals surface area contributed by atoms with Gasteiger partial charge in [0.25, 0.3) is 5.89 Å². The molecule has 100 valence electrons. The largest absolute Gasteiger partial charge is 0.508 e. The third-order valence-corrected chi connectivity index (χ3v) is 2.81. The lowest BCUT2D eigenvalue weighted by atomic mass is 10.2. The number of aromatic nitrogens is 3. The van der Waals surface area contributed by atoms with Crippen LogP contribution in [0, 0.1) is 0 Å². The number of benzene rings is 1. The molecule has 3 aromatic rings. The fourth-order valence-electron chi connectivity index (χ4n) is 1.76. The number of aromatic hydroxyl groups is 1. The predicted molar refractivity (Wildman–Crippen MR) is 72.5 cm³/mol. The molecule has 1 aromatic carbocycles. The van der Waals surface area contributed by atoms with Crippen LogP contribution in [0.1, 0.15) is 5.56 Å². The molecular weight excluding hydrogens is 256 g/mol. The molecule has 2 aromatic heterocycles. The molecule has 0 radical (unpaired) electrons. The van der Waals surface area contributed by atoms with Gasteiger partial charge in [-0.15, -0.1) is 0 Å². The van der Waals surface area contributed by atoms with Gasteiger partial charge in [0.15, 0.2) is 0 Å². The zero-order valence-electron chi connectivity index (χ0n) is 10.5. The molecule has 0 bridgehead atoms. The average Bonchev–Trinajstić information content (AvgIpc) is 2.97. The van der Waals surface area contributed by atoms with Crippen molar-refractivity contribution in [2.75, 3.05) is 0 Å². The monoisotopic (exact) mass is 268 g/mol. The van der Waals surface area contributed by atoms with Crippen LogP contribution in [0.25, 0.3) is 23.0 Å². The maximum absolute atomic E-state index is 9.45. The lowest BCUT2D eigenvalue weighted by Crippen LogP contribution is -1.96. The molecule has 0 spiro atoms. The minimum atomic E-state index is 0.152. The first-order valence-electron chi connectivity index (χ1n) is 6.05. The summed E-state index contributed by atoms with van der Waals surface area (Å²) in [6, 6.07) is 10.3. The molecule has 3 rings (SSSR count). The van der Waals surface area contributed by atoms with Gasteiger partial charge in [-0.1, -0.05) is 23.4 Å². The van der Waals surface area contributed by atoms with Gasteiger partial charge in [0.2, 0.25) is 5.82 Å². The minimum Gasteiger partial charge on any atom is -0.508 e. The van der Waals surface area contributed by atoms with Crippen molar-refractivity contribution in [2.24, 2.45) is 5.73 Å². The van der Waals surface area contributed by atoms with Crippen molar-refractivity contribution in [1.82, 2.24) is 15.1 Å². The summed E-state index contributed by atoms with van der Waals surface area (Å²) in [6.07, 6.45) is 1.67. The Bertz CT molecular complexity index is 722. The average molecular weight is 268 g/mol. The molecule has 0 saturated heterocycles. The summed E-state index contributed by atoms with van der Waals surface area (Å²) in [5.41, 5.74) is 7.71. The Labute approximate surface area is 114 Å². The molecular formula is C14H12N4O2. The van der Waals surface area contributed by atoms with Crippen molar-refractivity contribution in [3.05, 3.63) is 48.2 Å². The van der Waals surface area contributed by atoms with Crippen LogP contribution in [-0.2, 0) is 6.54 Å². The predicted octanol–water partition coefficient (Wildman–Crippen LogP) is 1.96. The van der Waals surface area contributed by atoms with Gasteiger partial charge in [-0.05, 0) is 23.8 Å². The highest BCUT2D eigenvalue weighted by Gasteiger charge is 2.11. The number of hydrogen-bond donors (Lipinski definition) is 2. The highest BCUT2D eigenvalue weighted by molar-refractivity contribution is 5.59. The Kier molecular flexibility index (Phi) is 3.14. The molecule has 3 N–H and O–H groups in total. The lowest BCUT2D eigenvalue weighted by molar-refractivity contribution is 0.431. The summed E-state index contributed by atoms with van der Waals surface area (Å²) in [6.45, 7) is 0.436. The Morgan fingerprint density at radius 3 is 2.80 bits per heavy atom. The molecule has 0 aliphatic carbocycles. The van der Waals surface area contributed by atoms with Crippen LogP contribution in [0.5, 0.6) is 5.75 Å². The lowest BCUT2D eigenvalue weighted by Gasteiger charge is -1.96.